The normalized spacial score (nSPS) is 20.0. The molecule has 108 valence electrons. The van der Waals surface area contributed by atoms with E-state index in [9.17, 15) is 14.7 Å². The van der Waals surface area contributed by atoms with Crippen LogP contribution in [0.3, 0.4) is 0 Å². The summed E-state index contributed by atoms with van der Waals surface area (Å²) in [5.74, 6) is -1.53. The van der Waals surface area contributed by atoms with Crippen LogP contribution < -0.4 is 5.32 Å². The molecule has 0 bridgehead atoms. The lowest BCUT2D eigenvalue weighted by Crippen LogP contribution is -2.27. The molecule has 1 aliphatic carbocycles. The number of hydrogen-bond acceptors (Lipinski definition) is 3. The van der Waals surface area contributed by atoms with Crippen LogP contribution >= 0.6 is 0 Å². The van der Waals surface area contributed by atoms with Crippen LogP contribution in [0, 0.1) is 6.92 Å². The SMILES string of the molecule is Cc1coc(C(=O)NC2CC(C(=O)O)c3ccccc32)c1. The summed E-state index contributed by atoms with van der Waals surface area (Å²) in [6.07, 6.45) is 1.87. The van der Waals surface area contributed by atoms with Crippen molar-refractivity contribution in [2.24, 2.45) is 0 Å². The lowest BCUT2D eigenvalue weighted by atomic mass is 10.0. The van der Waals surface area contributed by atoms with E-state index in [4.69, 9.17) is 4.42 Å². The van der Waals surface area contributed by atoms with Crippen LogP contribution in [0.2, 0.25) is 0 Å². The number of aryl methyl sites for hydroxylation is 1. The third-order valence-corrected chi connectivity index (χ3v) is 3.78. The zero-order chi connectivity index (χ0) is 15.0. The molecule has 1 aromatic carbocycles. The summed E-state index contributed by atoms with van der Waals surface area (Å²) in [5, 5.41) is 12.2. The largest absolute Gasteiger partial charge is 0.481 e. The highest BCUT2D eigenvalue weighted by Crippen LogP contribution is 2.40. The Bertz CT molecular complexity index is 704. The average Bonchev–Trinajstić information content (AvgIpc) is 3.04. The van der Waals surface area contributed by atoms with Gasteiger partial charge in [0.15, 0.2) is 5.76 Å². The van der Waals surface area contributed by atoms with Gasteiger partial charge in [0.1, 0.15) is 0 Å². The number of benzene rings is 1. The molecule has 5 heteroatoms. The van der Waals surface area contributed by atoms with Gasteiger partial charge in [0, 0.05) is 0 Å². The van der Waals surface area contributed by atoms with Gasteiger partial charge in [-0.15, -0.1) is 0 Å². The Morgan fingerprint density at radius 3 is 2.62 bits per heavy atom. The highest BCUT2D eigenvalue weighted by molar-refractivity contribution is 5.92. The first-order valence-corrected chi connectivity index (χ1v) is 6.74. The number of carbonyl (C=O) groups excluding carboxylic acids is 1. The van der Waals surface area contributed by atoms with E-state index < -0.39 is 11.9 Å². The fourth-order valence-electron chi connectivity index (χ4n) is 2.79. The predicted molar refractivity (Wildman–Crippen MR) is 75.1 cm³/mol. The van der Waals surface area contributed by atoms with E-state index >= 15 is 0 Å². The van der Waals surface area contributed by atoms with Crippen molar-refractivity contribution in [2.75, 3.05) is 0 Å². The molecule has 0 saturated carbocycles. The van der Waals surface area contributed by atoms with Crippen molar-refractivity contribution in [1.82, 2.24) is 5.32 Å². The molecular weight excluding hydrogens is 270 g/mol. The van der Waals surface area contributed by atoms with Gasteiger partial charge >= 0.3 is 5.97 Å². The van der Waals surface area contributed by atoms with E-state index in [2.05, 4.69) is 5.32 Å². The number of amides is 1. The van der Waals surface area contributed by atoms with Gasteiger partial charge in [0.25, 0.3) is 5.91 Å². The minimum atomic E-state index is -0.868. The monoisotopic (exact) mass is 285 g/mol. The van der Waals surface area contributed by atoms with Crippen molar-refractivity contribution in [3.05, 3.63) is 59.0 Å². The predicted octanol–water partition coefficient (Wildman–Crippen LogP) is 2.63. The van der Waals surface area contributed by atoms with E-state index in [0.29, 0.717) is 6.42 Å². The molecule has 2 aromatic rings. The van der Waals surface area contributed by atoms with E-state index in [1.54, 1.807) is 12.1 Å². The third kappa shape index (κ3) is 2.42. The first-order chi connectivity index (χ1) is 10.1. The quantitative estimate of drug-likeness (QED) is 0.908. The fourth-order valence-corrected chi connectivity index (χ4v) is 2.79. The van der Waals surface area contributed by atoms with Gasteiger partial charge in [-0.2, -0.15) is 0 Å². The van der Waals surface area contributed by atoms with Crippen LogP contribution in [0.25, 0.3) is 0 Å². The molecule has 5 nitrogen and oxygen atoms in total. The molecule has 3 rings (SSSR count). The van der Waals surface area contributed by atoms with Crippen molar-refractivity contribution in [3.8, 4) is 0 Å². The van der Waals surface area contributed by atoms with Crippen LogP contribution in [-0.4, -0.2) is 17.0 Å². The summed E-state index contributed by atoms with van der Waals surface area (Å²) in [4.78, 5) is 23.5. The zero-order valence-corrected chi connectivity index (χ0v) is 11.5. The first-order valence-electron chi connectivity index (χ1n) is 6.74. The molecule has 1 aromatic heterocycles. The first kappa shape index (κ1) is 13.4. The van der Waals surface area contributed by atoms with Crippen molar-refractivity contribution in [1.29, 1.82) is 0 Å². The van der Waals surface area contributed by atoms with Gasteiger partial charge in [0.2, 0.25) is 0 Å². The molecule has 1 aliphatic rings. The van der Waals surface area contributed by atoms with Crippen LogP contribution in [0.5, 0.6) is 0 Å². The Morgan fingerprint density at radius 1 is 1.29 bits per heavy atom. The maximum absolute atomic E-state index is 12.1. The summed E-state index contributed by atoms with van der Waals surface area (Å²) in [6, 6.07) is 8.67. The van der Waals surface area contributed by atoms with E-state index in [0.717, 1.165) is 16.7 Å². The summed E-state index contributed by atoms with van der Waals surface area (Å²) >= 11 is 0. The zero-order valence-electron chi connectivity index (χ0n) is 11.5. The van der Waals surface area contributed by atoms with Gasteiger partial charge in [-0.25, -0.2) is 0 Å². The number of carboxylic acid groups (broad SMARTS) is 1. The second-order valence-electron chi connectivity index (χ2n) is 5.27. The molecule has 1 heterocycles. The Labute approximate surface area is 121 Å². The number of hydrogen-bond donors (Lipinski definition) is 2. The standard InChI is InChI=1S/C16H15NO4/c1-9-6-14(21-8-9)15(18)17-13-7-12(16(19)20)10-4-2-3-5-11(10)13/h2-6,8,12-13H,7H2,1H3,(H,17,18)(H,19,20). The van der Waals surface area contributed by atoms with Gasteiger partial charge in [-0.05, 0) is 36.1 Å². The Morgan fingerprint density at radius 2 is 2.00 bits per heavy atom. The van der Waals surface area contributed by atoms with E-state index in [1.807, 2.05) is 25.1 Å². The van der Waals surface area contributed by atoms with E-state index in [1.165, 1.54) is 6.26 Å². The number of furan rings is 1. The van der Waals surface area contributed by atoms with Crippen molar-refractivity contribution < 1.29 is 19.1 Å². The molecule has 0 spiro atoms. The minimum Gasteiger partial charge on any atom is -0.481 e. The van der Waals surface area contributed by atoms with Crippen molar-refractivity contribution in [2.45, 2.75) is 25.3 Å². The third-order valence-electron chi connectivity index (χ3n) is 3.78. The number of rotatable bonds is 3. The summed E-state index contributed by atoms with van der Waals surface area (Å²) in [6.45, 7) is 1.84. The van der Waals surface area contributed by atoms with Gasteiger partial charge < -0.3 is 14.8 Å². The maximum Gasteiger partial charge on any atom is 0.311 e. The summed E-state index contributed by atoms with van der Waals surface area (Å²) in [7, 11) is 0. The van der Waals surface area contributed by atoms with Gasteiger partial charge in [0.05, 0.1) is 18.2 Å². The number of aliphatic carboxylic acids is 1. The van der Waals surface area contributed by atoms with Crippen LogP contribution in [0.1, 0.15) is 45.6 Å². The lowest BCUT2D eigenvalue weighted by molar-refractivity contribution is -0.138. The van der Waals surface area contributed by atoms with Crippen molar-refractivity contribution in [3.63, 3.8) is 0 Å². The van der Waals surface area contributed by atoms with Crippen LogP contribution in [0.15, 0.2) is 41.0 Å². The molecular formula is C16H15NO4. The maximum atomic E-state index is 12.1. The number of fused-ring (bicyclic) bond motifs is 1. The highest BCUT2D eigenvalue weighted by Gasteiger charge is 2.36. The lowest BCUT2D eigenvalue weighted by Gasteiger charge is -2.12. The topological polar surface area (TPSA) is 79.5 Å². The summed E-state index contributed by atoms with van der Waals surface area (Å²) < 4.78 is 5.17. The van der Waals surface area contributed by atoms with Gasteiger partial charge in [-0.1, -0.05) is 24.3 Å². The second-order valence-corrected chi connectivity index (χ2v) is 5.27. The summed E-state index contributed by atoms with van der Waals surface area (Å²) in [5.41, 5.74) is 2.50. The highest BCUT2D eigenvalue weighted by atomic mass is 16.4. The molecule has 1 amide bonds. The Kier molecular flexibility index (Phi) is 3.25. The molecule has 0 saturated heterocycles. The second kappa shape index (κ2) is 5.09. The van der Waals surface area contributed by atoms with Crippen LogP contribution in [0.4, 0.5) is 0 Å². The number of nitrogens with one attached hydrogen (secondary N) is 1. The molecule has 2 unspecified atom stereocenters. The number of carbonyl (C=O) groups is 2. The smallest absolute Gasteiger partial charge is 0.311 e. The van der Waals surface area contributed by atoms with E-state index in [-0.39, 0.29) is 17.7 Å². The van der Waals surface area contributed by atoms with Crippen LogP contribution in [-0.2, 0) is 4.79 Å². The molecule has 0 radical (unpaired) electrons. The number of carboxylic acids is 1. The molecule has 2 N–H and O–H groups in total. The molecule has 0 aliphatic heterocycles. The average molecular weight is 285 g/mol. The fraction of sp³-hybridized carbons (Fsp3) is 0.250. The minimum absolute atomic E-state index is 0.240. The Balaban J connectivity index is 1.84. The Hall–Kier alpha value is -2.56. The molecule has 0 fully saturated rings. The van der Waals surface area contributed by atoms with Crippen molar-refractivity contribution >= 4 is 11.9 Å². The van der Waals surface area contributed by atoms with Gasteiger partial charge in [-0.3, -0.25) is 9.59 Å². The molecule has 2 atom stereocenters. The molecule has 21 heavy (non-hydrogen) atoms.